The van der Waals surface area contributed by atoms with E-state index in [1.165, 1.54) is 0 Å². The van der Waals surface area contributed by atoms with E-state index < -0.39 is 5.67 Å². The first kappa shape index (κ1) is 21.8. The number of ether oxygens (including phenoxy) is 1. The summed E-state index contributed by atoms with van der Waals surface area (Å²) in [7, 11) is 3.56. The van der Waals surface area contributed by atoms with Gasteiger partial charge in [0.15, 0.2) is 11.5 Å². The molecule has 2 aromatic heterocycles. The first-order chi connectivity index (χ1) is 16.0. The molecule has 5 rings (SSSR count). The number of aliphatic hydroxyl groups is 1. The smallest absolute Gasteiger partial charge is 0.235 e. The Morgan fingerprint density at radius 2 is 1.94 bits per heavy atom. The van der Waals surface area contributed by atoms with Crippen molar-refractivity contribution in [1.82, 2.24) is 19.9 Å². The van der Waals surface area contributed by atoms with E-state index in [0.717, 1.165) is 54.0 Å². The summed E-state index contributed by atoms with van der Waals surface area (Å²) in [6.45, 7) is 2.14. The molecule has 8 nitrogen and oxygen atoms in total. The minimum Gasteiger partial charge on any atom is -0.480 e. The Morgan fingerprint density at radius 1 is 1.18 bits per heavy atom. The molecule has 33 heavy (non-hydrogen) atoms. The second-order valence-corrected chi connectivity index (χ2v) is 8.89. The molecule has 0 radical (unpaired) electrons. The predicted molar refractivity (Wildman–Crippen MR) is 125 cm³/mol. The number of alkyl halides is 1. The van der Waals surface area contributed by atoms with Crippen LogP contribution in [0.5, 0.6) is 5.88 Å². The highest BCUT2D eigenvalue weighted by Gasteiger charge is 2.48. The van der Waals surface area contributed by atoms with E-state index in [4.69, 9.17) is 9.72 Å². The van der Waals surface area contributed by atoms with Crippen LogP contribution in [0.15, 0.2) is 30.6 Å². The zero-order valence-electron chi connectivity index (χ0n) is 19.0. The third kappa shape index (κ3) is 4.17. The highest BCUT2D eigenvalue weighted by Crippen LogP contribution is 2.49. The first-order valence-electron chi connectivity index (χ1n) is 11.5. The highest BCUT2D eigenvalue weighted by atomic mass is 19.1. The predicted octanol–water partition coefficient (Wildman–Crippen LogP) is 3.20. The van der Waals surface area contributed by atoms with Crippen LogP contribution in [-0.2, 0) is 5.67 Å². The maximum atomic E-state index is 15.0. The summed E-state index contributed by atoms with van der Waals surface area (Å²) in [5.74, 6) is 1.90. The van der Waals surface area contributed by atoms with Crippen LogP contribution in [0.4, 0.5) is 15.9 Å². The van der Waals surface area contributed by atoms with Gasteiger partial charge in [0.25, 0.3) is 0 Å². The van der Waals surface area contributed by atoms with Crippen molar-refractivity contribution in [3.63, 3.8) is 0 Å². The molecule has 0 atom stereocenters. The van der Waals surface area contributed by atoms with Gasteiger partial charge in [-0.3, -0.25) is 4.98 Å². The number of aliphatic hydroxyl groups excluding tert-OH is 1. The van der Waals surface area contributed by atoms with Crippen molar-refractivity contribution in [2.24, 2.45) is 0 Å². The van der Waals surface area contributed by atoms with Crippen LogP contribution in [0.25, 0.3) is 10.9 Å². The Balaban J connectivity index is 1.48. The molecule has 0 spiro atoms. The molecule has 3 aromatic rings. The van der Waals surface area contributed by atoms with E-state index in [1.807, 2.05) is 30.1 Å². The third-order valence-electron chi connectivity index (χ3n) is 6.69. The lowest BCUT2D eigenvalue weighted by molar-refractivity contribution is 0.301. The summed E-state index contributed by atoms with van der Waals surface area (Å²) in [4.78, 5) is 22.4. The van der Waals surface area contributed by atoms with E-state index in [-0.39, 0.29) is 12.5 Å². The number of fused-ring (bicyclic) bond motifs is 1. The number of benzene rings is 1. The lowest BCUT2D eigenvalue weighted by Gasteiger charge is -2.33. The standard InChI is InChI=1S/C24H29FN6O2/c1-30(13-14-32)17-3-4-19-18(15-17)21(29-23(28-19)24(25)7-8-24)31-11-5-16(6-12-31)20-22(33-2)27-10-9-26-20/h3-4,9-10,15-16,32H,5-8,11-14H2,1-2H3. The van der Waals surface area contributed by atoms with Gasteiger partial charge in [-0.2, -0.15) is 0 Å². The summed E-state index contributed by atoms with van der Waals surface area (Å²) in [6, 6.07) is 5.93. The molecule has 0 unspecified atom stereocenters. The Labute approximate surface area is 192 Å². The van der Waals surface area contributed by atoms with Crippen molar-refractivity contribution in [1.29, 1.82) is 0 Å². The molecule has 1 saturated carbocycles. The average Bonchev–Trinajstić information content (AvgIpc) is 3.61. The molecule has 2 aliphatic rings. The van der Waals surface area contributed by atoms with Crippen LogP contribution in [0, 0.1) is 0 Å². The summed E-state index contributed by atoms with van der Waals surface area (Å²) in [6.07, 6.45) is 6.05. The van der Waals surface area contributed by atoms with Gasteiger partial charge in [0.05, 0.1) is 19.2 Å². The normalized spacial score (nSPS) is 17.9. The minimum atomic E-state index is -1.40. The number of piperidine rings is 1. The fraction of sp³-hybridized carbons (Fsp3) is 0.500. The molecule has 1 aromatic carbocycles. The molecular formula is C24H29FN6O2. The van der Waals surface area contributed by atoms with Gasteiger partial charge in [-0.1, -0.05) is 0 Å². The van der Waals surface area contributed by atoms with Gasteiger partial charge in [0, 0.05) is 56.1 Å². The molecule has 2 fully saturated rings. The van der Waals surface area contributed by atoms with E-state index in [2.05, 4.69) is 19.9 Å². The number of nitrogens with zero attached hydrogens (tertiary/aromatic N) is 6. The number of halogens is 1. The number of hydrogen-bond donors (Lipinski definition) is 1. The Morgan fingerprint density at radius 3 is 2.64 bits per heavy atom. The van der Waals surface area contributed by atoms with Crippen LogP contribution in [0.2, 0.25) is 0 Å². The average molecular weight is 453 g/mol. The third-order valence-corrected chi connectivity index (χ3v) is 6.69. The van der Waals surface area contributed by atoms with Gasteiger partial charge < -0.3 is 19.6 Å². The van der Waals surface area contributed by atoms with Gasteiger partial charge in [0.1, 0.15) is 11.5 Å². The summed E-state index contributed by atoms with van der Waals surface area (Å²) in [5.41, 5.74) is 1.20. The van der Waals surface area contributed by atoms with Crippen molar-refractivity contribution in [2.75, 3.05) is 50.2 Å². The maximum Gasteiger partial charge on any atom is 0.235 e. The highest BCUT2D eigenvalue weighted by molar-refractivity contribution is 5.92. The van der Waals surface area contributed by atoms with Crippen LogP contribution in [-0.4, -0.2) is 65.4 Å². The molecule has 1 saturated heterocycles. The second-order valence-electron chi connectivity index (χ2n) is 8.89. The van der Waals surface area contributed by atoms with Gasteiger partial charge in [-0.25, -0.2) is 19.3 Å². The zero-order valence-corrected chi connectivity index (χ0v) is 19.0. The molecule has 174 valence electrons. The van der Waals surface area contributed by atoms with E-state index in [1.54, 1.807) is 19.5 Å². The Bertz CT molecular complexity index is 1150. The van der Waals surface area contributed by atoms with E-state index >= 15 is 0 Å². The van der Waals surface area contributed by atoms with Gasteiger partial charge in [-0.15, -0.1) is 0 Å². The van der Waals surface area contributed by atoms with E-state index in [9.17, 15) is 9.50 Å². The molecule has 1 N–H and O–H groups in total. The van der Waals surface area contributed by atoms with Crippen molar-refractivity contribution in [2.45, 2.75) is 37.3 Å². The largest absolute Gasteiger partial charge is 0.480 e. The Hall–Kier alpha value is -3.07. The van der Waals surface area contributed by atoms with E-state index in [0.29, 0.717) is 31.1 Å². The van der Waals surface area contributed by atoms with Gasteiger partial charge in [-0.05, 0) is 43.9 Å². The van der Waals surface area contributed by atoms with Gasteiger partial charge >= 0.3 is 0 Å². The molecule has 1 aliphatic carbocycles. The second kappa shape index (κ2) is 8.70. The molecule has 3 heterocycles. The van der Waals surface area contributed by atoms with Crippen LogP contribution in [0.3, 0.4) is 0 Å². The minimum absolute atomic E-state index is 0.0700. The summed E-state index contributed by atoms with van der Waals surface area (Å²) >= 11 is 0. The lowest BCUT2D eigenvalue weighted by atomic mass is 9.93. The molecular weight excluding hydrogens is 423 g/mol. The fourth-order valence-corrected chi connectivity index (χ4v) is 4.53. The van der Waals surface area contributed by atoms with Crippen LogP contribution in [0.1, 0.15) is 43.1 Å². The fourth-order valence-electron chi connectivity index (χ4n) is 4.53. The summed E-state index contributed by atoms with van der Waals surface area (Å²) in [5, 5.41) is 10.2. The zero-order chi connectivity index (χ0) is 23.0. The van der Waals surface area contributed by atoms with Crippen molar-refractivity contribution < 1.29 is 14.2 Å². The monoisotopic (exact) mass is 452 g/mol. The molecule has 9 heteroatoms. The number of likely N-dealkylation sites (N-methyl/N-ethyl adjacent to an activating group) is 1. The number of rotatable bonds is 7. The summed E-state index contributed by atoms with van der Waals surface area (Å²) < 4.78 is 20.4. The van der Waals surface area contributed by atoms with Crippen molar-refractivity contribution in [3.05, 3.63) is 42.1 Å². The number of methoxy groups -OCH3 is 1. The molecule has 1 aliphatic heterocycles. The quantitative estimate of drug-likeness (QED) is 0.585. The number of aromatic nitrogens is 4. The molecule has 0 bridgehead atoms. The SMILES string of the molecule is COc1nccnc1C1CCN(c2nc(C3(F)CC3)nc3ccc(N(C)CCO)cc23)CC1. The molecule has 0 amide bonds. The van der Waals surface area contributed by atoms with Crippen LogP contribution >= 0.6 is 0 Å². The lowest BCUT2D eigenvalue weighted by Crippen LogP contribution is -2.34. The Kier molecular flexibility index (Phi) is 5.74. The van der Waals surface area contributed by atoms with Crippen molar-refractivity contribution in [3.8, 4) is 5.88 Å². The van der Waals surface area contributed by atoms with Crippen LogP contribution < -0.4 is 14.5 Å². The first-order valence-corrected chi connectivity index (χ1v) is 11.5. The van der Waals surface area contributed by atoms with Crippen molar-refractivity contribution >= 4 is 22.4 Å². The topological polar surface area (TPSA) is 87.5 Å². The number of hydrogen-bond acceptors (Lipinski definition) is 8. The maximum absolute atomic E-state index is 15.0. The van der Waals surface area contributed by atoms with Gasteiger partial charge in [0.2, 0.25) is 5.88 Å². The number of anilines is 2.